The fourth-order valence-corrected chi connectivity index (χ4v) is 5.15. The molecule has 0 aliphatic carbocycles. The summed E-state index contributed by atoms with van der Waals surface area (Å²) in [4.78, 5) is 16.4. The van der Waals surface area contributed by atoms with Gasteiger partial charge in [-0.05, 0) is 19.3 Å². The highest BCUT2D eigenvalue weighted by Crippen LogP contribution is 2.48. The summed E-state index contributed by atoms with van der Waals surface area (Å²) in [6.45, 7) is 3.16. The second-order valence-corrected chi connectivity index (χ2v) is 7.96. The van der Waals surface area contributed by atoms with E-state index in [0.717, 1.165) is 59.4 Å². The highest BCUT2D eigenvalue weighted by molar-refractivity contribution is 7.13. The lowest BCUT2D eigenvalue weighted by Gasteiger charge is -2.42. The predicted molar refractivity (Wildman–Crippen MR) is 104 cm³/mol. The van der Waals surface area contributed by atoms with Crippen LogP contribution in [-0.4, -0.2) is 46.5 Å². The molecule has 1 saturated heterocycles. The van der Waals surface area contributed by atoms with Gasteiger partial charge in [-0.15, -0.1) is 21.5 Å². The fourth-order valence-electron chi connectivity index (χ4n) is 4.50. The highest BCUT2D eigenvalue weighted by Gasteiger charge is 2.49. The largest absolute Gasteiger partial charge is 0.342 e. The fraction of sp³-hybridized carbons (Fsp3) is 0.333. The highest BCUT2D eigenvalue weighted by atomic mass is 32.1. The topological polar surface area (TPSA) is 101 Å². The van der Waals surface area contributed by atoms with Crippen LogP contribution in [0.25, 0.3) is 27.8 Å². The molecular weight excluding hydrogens is 374 g/mol. The average molecular weight is 391 g/mol. The number of fused-ring (bicyclic) bond motifs is 6. The predicted octanol–water partition coefficient (Wildman–Crippen LogP) is 2.79. The molecule has 28 heavy (non-hydrogen) atoms. The minimum atomic E-state index is -0.149. The van der Waals surface area contributed by atoms with Crippen molar-refractivity contribution in [2.24, 2.45) is 0 Å². The molecule has 0 unspecified atom stereocenters. The molecule has 0 aromatic carbocycles. The molecule has 4 aromatic heterocycles. The number of hydrogen-bond donors (Lipinski definition) is 1. The first-order valence-corrected chi connectivity index (χ1v) is 10.2. The molecule has 6 heterocycles. The Labute approximate surface area is 164 Å². The quantitative estimate of drug-likeness (QED) is 0.573. The van der Waals surface area contributed by atoms with Gasteiger partial charge in [-0.25, -0.2) is 15.0 Å². The van der Waals surface area contributed by atoms with E-state index in [2.05, 4.69) is 42.2 Å². The van der Waals surface area contributed by atoms with Gasteiger partial charge in [0.25, 0.3) is 0 Å². The van der Waals surface area contributed by atoms with Gasteiger partial charge in [0, 0.05) is 18.1 Å². The number of H-pyrrole nitrogens is 1. The van der Waals surface area contributed by atoms with Crippen molar-refractivity contribution >= 4 is 17.2 Å². The van der Waals surface area contributed by atoms with Crippen LogP contribution in [0.2, 0.25) is 0 Å². The van der Waals surface area contributed by atoms with E-state index in [0.29, 0.717) is 5.82 Å². The summed E-state index contributed by atoms with van der Waals surface area (Å²) in [5, 5.41) is 18.7. The molecule has 140 valence electrons. The Balaban J connectivity index is 1.55. The first kappa shape index (κ1) is 15.9. The SMILES string of the molecule is CC[C@@]12CCCN1c1nc(-c3cn[nH]c3-c3nccs3)ncc1-n1cnnc12. The minimum absolute atomic E-state index is 0.149. The molecular formula is C18H17N9S. The Bertz CT molecular complexity index is 1160. The van der Waals surface area contributed by atoms with E-state index >= 15 is 0 Å². The summed E-state index contributed by atoms with van der Waals surface area (Å²) in [5.74, 6) is 2.57. The second-order valence-electron chi connectivity index (χ2n) is 7.06. The van der Waals surface area contributed by atoms with Gasteiger partial charge < -0.3 is 4.90 Å². The van der Waals surface area contributed by atoms with Crippen LogP contribution in [0.4, 0.5) is 5.82 Å². The number of aromatic amines is 1. The lowest BCUT2D eigenvalue weighted by atomic mass is 9.90. The molecule has 0 bridgehead atoms. The number of nitrogens with zero attached hydrogens (tertiary/aromatic N) is 8. The van der Waals surface area contributed by atoms with Crippen LogP contribution >= 0.6 is 11.3 Å². The van der Waals surface area contributed by atoms with E-state index < -0.39 is 0 Å². The van der Waals surface area contributed by atoms with E-state index in [1.807, 2.05) is 16.1 Å². The first-order valence-electron chi connectivity index (χ1n) is 9.31. The third-order valence-corrected chi connectivity index (χ3v) is 6.62. The van der Waals surface area contributed by atoms with Crippen molar-refractivity contribution in [3.05, 3.63) is 36.1 Å². The summed E-state index contributed by atoms with van der Waals surface area (Å²) >= 11 is 1.56. The van der Waals surface area contributed by atoms with Crippen molar-refractivity contribution in [1.82, 2.24) is 39.9 Å². The van der Waals surface area contributed by atoms with E-state index in [1.54, 1.807) is 30.1 Å². The Morgan fingerprint density at radius 1 is 1.29 bits per heavy atom. The third kappa shape index (κ3) is 1.95. The maximum absolute atomic E-state index is 5.00. The van der Waals surface area contributed by atoms with Gasteiger partial charge in [-0.1, -0.05) is 6.92 Å². The summed E-state index contributed by atoms with van der Waals surface area (Å²) < 4.78 is 2.04. The Hall–Kier alpha value is -3.14. The van der Waals surface area contributed by atoms with Crippen molar-refractivity contribution in [3.8, 4) is 27.8 Å². The zero-order chi connectivity index (χ0) is 18.7. The van der Waals surface area contributed by atoms with Crippen LogP contribution in [0, 0.1) is 0 Å². The van der Waals surface area contributed by atoms with E-state index in [1.165, 1.54) is 0 Å². The maximum atomic E-state index is 5.00. The molecule has 0 amide bonds. The van der Waals surface area contributed by atoms with Crippen molar-refractivity contribution in [3.63, 3.8) is 0 Å². The van der Waals surface area contributed by atoms with Gasteiger partial charge in [0.15, 0.2) is 17.5 Å². The molecule has 4 aromatic rings. The van der Waals surface area contributed by atoms with Crippen molar-refractivity contribution < 1.29 is 0 Å². The molecule has 6 rings (SSSR count). The number of rotatable bonds is 3. The molecule has 0 radical (unpaired) electrons. The Kier molecular flexibility index (Phi) is 3.22. The summed E-state index contributed by atoms with van der Waals surface area (Å²) in [6.07, 6.45) is 10.3. The number of hydrogen-bond acceptors (Lipinski definition) is 8. The Morgan fingerprint density at radius 2 is 2.25 bits per heavy atom. The van der Waals surface area contributed by atoms with Crippen LogP contribution in [0.3, 0.4) is 0 Å². The number of thiazole rings is 1. The van der Waals surface area contributed by atoms with Gasteiger partial charge in [-0.2, -0.15) is 5.10 Å². The molecule has 10 heteroatoms. The summed E-state index contributed by atoms with van der Waals surface area (Å²) in [6, 6.07) is 0. The van der Waals surface area contributed by atoms with Gasteiger partial charge in [0.2, 0.25) is 0 Å². The molecule has 0 saturated carbocycles. The van der Waals surface area contributed by atoms with Crippen LogP contribution in [0.5, 0.6) is 0 Å². The van der Waals surface area contributed by atoms with Gasteiger partial charge in [0.05, 0.1) is 18.0 Å². The molecule has 2 aliphatic rings. The maximum Gasteiger partial charge on any atom is 0.165 e. The molecule has 1 N–H and O–H groups in total. The van der Waals surface area contributed by atoms with E-state index in [-0.39, 0.29) is 5.54 Å². The van der Waals surface area contributed by atoms with E-state index in [4.69, 9.17) is 4.98 Å². The average Bonchev–Trinajstić information content (AvgIpc) is 3.53. The van der Waals surface area contributed by atoms with Crippen LogP contribution in [0.1, 0.15) is 32.0 Å². The minimum Gasteiger partial charge on any atom is -0.342 e. The molecule has 1 atom stereocenters. The third-order valence-electron chi connectivity index (χ3n) is 5.83. The lowest BCUT2D eigenvalue weighted by Crippen LogP contribution is -2.46. The molecule has 2 aliphatic heterocycles. The Morgan fingerprint density at radius 3 is 3.11 bits per heavy atom. The zero-order valence-electron chi connectivity index (χ0n) is 15.2. The van der Waals surface area contributed by atoms with Crippen LogP contribution in [-0.2, 0) is 5.54 Å². The number of anilines is 1. The second kappa shape index (κ2) is 5.68. The van der Waals surface area contributed by atoms with Crippen molar-refractivity contribution in [2.45, 2.75) is 31.7 Å². The van der Waals surface area contributed by atoms with Gasteiger partial charge in [0.1, 0.15) is 28.3 Å². The van der Waals surface area contributed by atoms with Gasteiger partial charge in [-0.3, -0.25) is 9.67 Å². The van der Waals surface area contributed by atoms with Crippen LogP contribution < -0.4 is 4.90 Å². The normalized spacial score (nSPS) is 20.1. The molecule has 0 spiro atoms. The zero-order valence-corrected chi connectivity index (χ0v) is 16.0. The lowest BCUT2D eigenvalue weighted by molar-refractivity contribution is 0.382. The number of nitrogens with one attached hydrogen (secondary N) is 1. The first-order chi connectivity index (χ1) is 13.8. The summed E-state index contributed by atoms with van der Waals surface area (Å²) in [5.41, 5.74) is 2.48. The van der Waals surface area contributed by atoms with Crippen molar-refractivity contribution in [1.29, 1.82) is 0 Å². The molecule has 1 fully saturated rings. The van der Waals surface area contributed by atoms with E-state index in [9.17, 15) is 0 Å². The number of aromatic nitrogens is 8. The summed E-state index contributed by atoms with van der Waals surface area (Å²) in [7, 11) is 0. The van der Waals surface area contributed by atoms with Crippen molar-refractivity contribution in [2.75, 3.05) is 11.4 Å². The smallest absolute Gasteiger partial charge is 0.165 e. The van der Waals surface area contributed by atoms with Crippen LogP contribution in [0.15, 0.2) is 30.3 Å². The van der Waals surface area contributed by atoms with Gasteiger partial charge >= 0.3 is 0 Å². The standard InChI is InChI=1S/C18H17N9S/c1-2-18-4-3-6-27(18)15-12(26-10-22-25-17(18)26)9-20-14(23-15)11-8-21-24-13(11)16-19-5-7-28-16/h5,7-10H,2-4,6H2,1H3,(H,21,24)/t18-/m0/s1. The molecule has 9 nitrogen and oxygen atoms in total. The monoisotopic (exact) mass is 391 g/mol.